The fourth-order valence-corrected chi connectivity index (χ4v) is 2.72. The number of nitrogens with one attached hydrogen (secondary N) is 1. The molecule has 1 fully saturated rings. The normalized spacial score (nSPS) is 25.7. The van der Waals surface area contributed by atoms with E-state index >= 15 is 0 Å². The van der Waals surface area contributed by atoms with Gasteiger partial charge in [0.25, 0.3) is 0 Å². The van der Waals surface area contributed by atoms with E-state index in [0.717, 1.165) is 6.04 Å². The summed E-state index contributed by atoms with van der Waals surface area (Å²) in [7, 11) is 4.35. The average Bonchev–Trinajstić information content (AvgIpc) is 2.26. The van der Waals surface area contributed by atoms with Crippen molar-refractivity contribution in [3.63, 3.8) is 0 Å². The van der Waals surface area contributed by atoms with Crippen LogP contribution < -0.4 is 5.32 Å². The van der Waals surface area contributed by atoms with Gasteiger partial charge in [0.1, 0.15) is 0 Å². The van der Waals surface area contributed by atoms with Crippen LogP contribution in [0.1, 0.15) is 53.4 Å². The molecule has 0 aromatic carbocycles. The minimum Gasteiger partial charge on any atom is -0.316 e. The first-order chi connectivity index (χ1) is 7.37. The van der Waals surface area contributed by atoms with Gasteiger partial charge in [0, 0.05) is 18.1 Å². The molecule has 1 saturated carbocycles. The van der Waals surface area contributed by atoms with Crippen LogP contribution in [0.4, 0.5) is 0 Å². The number of hydrogen-bond acceptors (Lipinski definition) is 2. The van der Waals surface area contributed by atoms with Gasteiger partial charge in [0.15, 0.2) is 0 Å². The first kappa shape index (κ1) is 14.0. The Labute approximate surface area is 102 Å². The Morgan fingerprint density at radius 3 is 2.12 bits per heavy atom. The molecule has 1 rings (SSSR count). The molecule has 2 nitrogen and oxygen atoms in total. The summed E-state index contributed by atoms with van der Waals surface area (Å²) in [4.78, 5) is 2.58. The molecule has 0 heterocycles. The summed E-state index contributed by atoms with van der Waals surface area (Å²) in [5.41, 5.74) is 0.579. The Balaban J connectivity index is 2.47. The van der Waals surface area contributed by atoms with Crippen molar-refractivity contribution >= 4 is 0 Å². The molecule has 1 N–H and O–H groups in total. The van der Waals surface area contributed by atoms with Gasteiger partial charge < -0.3 is 5.32 Å². The predicted octanol–water partition coefficient (Wildman–Crippen LogP) is 2.88. The maximum absolute atomic E-state index is 3.36. The van der Waals surface area contributed by atoms with Crippen LogP contribution >= 0.6 is 0 Å². The van der Waals surface area contributed by atoms with Crippen molar-refractivity contribution in [3.05, 3.63) is 0 Å². The molecule has 0 aromatic rings. The van der Waals surface area contributed by atoms with Crippen molar-refractivity contribution in [3.8, 4) is 0 Å². The summed E-state index contributed by atoms with van der Waals surface area (Å²) in [6.07, 6.45) is 5.49. The predicted molar refractivity (Wildman–Crippen MR) is 71.8 cm³/mol. The molecule has 2 unspecified atom stereocenters. The van der Waals surface area contributed by atoms with Crippen molar-refractivity contribution in [2.45, 2.75) is 71.5 Å². The Hall–Kier alpha value is -0.0800. The SMILES string of the molecule is CNC(C)C(C)N(C)C1CCC(C)(C)CC1. The molecule has 0 saturated heterocycles. The summed E-state index contributed by atoms with van der Waals surface area (Å²) in [5.74, 6) is 0. The van der Waals surface area contributed by atoms with Crippen LogP contribution in [0.15, 0.2) is 0 Å². The molecule has 0 aliphatic heterocycles. The largest absolute Gasteiger partial charge is 0.316 e. The standard InChI is InChI=1S/C14H30N2/c1-11(15-5)12(2)16(6)13-7-9-14(3,4)10-8-13/h11-13,15H,7-10H2,1-6H3. The molecule has 1 aliphatic carbocycles. The minimum atomic E-state index is 0.569. The highest BCUT2D eigenvalue weighted by atomic mass is 15.2. The minimum absolute atomic E-state index is 0.569. The van der Waals surface area contributed by atoms with Crippen LogP contribution in [0.5, 0.6) is 0 Å². The van der Waals surface area contributed by atoms with Crippen LogP contribution in [0.2, 0.25) is 0 Å². The van der Waals surface area contributed by atoms with E-state index in [9.17, 15) is 0 Å². The van der Waals surface area contributed by atoms with Crippen LogP contribution in [-0.2, 0) is 0 Å². The van der Waals surface area contributed by atoms with Gasteiger partial charge in [-0.2, -0.15) is 0 Å². The number of rotatable bonds is 4. The topological polar surface area (TPSA) is 15.3 Å². The zero-order chi connectivity index (χ0) is 12.3. The van der Waals surface area contributed by atoms with E-state index in [2.05, 4.69) is 52.0 Å². The van der Waals surface area contributed by atoms with Crippen LogP contribution in [0, 0.1) is 5.41 Å². The number of hydrogen-bond donors (Lipinski definition) is 1. The average molecular weight is 226 g/mol. The highest BCUT2D eigenvalue weighted by Gasteiger charge is 2.31. The quantitative estimate of drug-likeness (QED) is 0.793. The lowest BCUT2D eigenvalue weighted by Crippen LogP contribution is -2.49. The maximum atomic E-state index is 3.36. The molecule has 2 heteroatoms. The number of nitrogens with zero attached hydrogens (tertiary/aromatic N) is 1. The molecule has 0 aromatic heterocycles. The monoisotopic (exact) mass is 226 g/mol. The molecule has 1 aliphatic rings. The first-order valence-electron chi connectivity index (χ1n) is 6.76. The summed E-state index contributed by atoms with van der Waals surface area (Å²) >= 11 is 0. The van der Waals surface area contributed by atoms with E-state index in [1.807, 2.05) is 0 Å². The lowest BCUT2D eigenvalue weighted by molar-refractivity contribution is 0.0885. The Bertz CT molecular complexity index is 203. The zero-order valence-electron chi connectivity index (χ0n) is 12.0. The van der Waals surface area contributed by atoms with Gasteiger partial charge in [-0.15, -0.1) is 0 Å². The van der Waals surface area contributed by atoms with Crippen molar-refractivity contribution in [1.29, 1.82) is 0 Å². The van der Waals surface area contributed by atoms with Crippen LogP contribution in [-0.4, -0.2) is 37.1 Å². The van der Waals surface area contributed by atoms with Crippen LogP contribution in [0.3, 0.4) is 0 Å². The summed E-state index contributed by atoms with van der Waals surface area (Å²) in [5, 5.41) is 3.36. The second kappa shape index (κ2) is 5.50. The van der Waals surface area contributed by atoms with Gasteiger partial charge in [-0.1, -0.05) is 13.8 Å². The highest BCUT2D eigenvalue weighted by molar-refractivity contribution is 4.86. The van der Waals surface area contributed by atoms with Crippen molar-refractivity contribution in [2.75, 3.05) is 14.1 Å². The Morgan fingerprint density at radius 2 is 1.69 bits per heavy atom. The number of likely N-dealkylation sites (N-methyl/N-ethyl adjacent to an activating group) is 2. The Morgan fingerprint density at radius 1 is 1.19 bits per heavy atom. The van der Waals surface area contributed by atoms with E-state index in [1.54, 1.807) is 0 Å². The smallest absolute Gasteiger partial charge is 0.0218 e. The van der Waals surface area contributed by atoms with E-state index in [1.165, 1.54) is 25.7 Å². The molecular weight excluding hydrogens is 196 g/mol. The van der Waals surface area contributed by atoms with Gasteiger partial charge in [0.2, 0.25) is 0 Å². The molecule has 0 amide bonds. The van der Waals surface area contributed by atoms with Gasteiger partial charge >= 0.3 is 0 Å². The van der Waals surface area contributed by atoms with Gasteiger partial charge in [-0.05, 0) is 59.0 Å². The third kappa shape index (κ3) is 3.46. The van der Waals surface area contributed by atoms with Crippen molar-refractivity contribution in [2.24, 2.45) is 5.41 Å². The molecule has 2 atom stereocenters. The van der Waals surface area contributed by atoms with Crippen LogP contribution in [0.25, 0.3) is 0 Å². The third-order valence-electron chi connectivity index (χ3n) is 4.71. The van der Waals surface area contributed by atoms with Gasteiger partial charge in [0.05, 0.1) is 0 Å². The lowest BCUT2D eigenvalue weighted by Gasteiger charge is -2.42. The second-order valence-corrected chi connectivity index (χ2v) is 6.38. The van der Waals surface area contributed by atoms with Crippen molar-refractivity contribution in [1.82, 2.24) is 10.2 Å². The summed E-state index contributed by atoms with van der Waals surface area (Å²) in [6, 6.07) is 1.98. The molecule has 0 radical (unpaired) electrons. The fraction of sp³-hybridized carbons (Fsp3) is 1.00. The molecule has 16 heavy (non-hydrogen) atoms. The lowest BCUT2D eigenvalue weighted by atomic mass is 9.75. The Kier molecular flexibility index (Phi) is 4.81. The summed E-state index contributed by atoms with van der Waals surface area (Å²) < 4.78 is 0. The van der Waals surface area contributed by atoms with Crippen molar-refractivity contribution < 1.29 is 0 Å². The first-order valence-corrected chi connectivity index (χ1v) is 6.76. The molecule has 96 valence electrons. The van der Waals surface area contributed by atoms with E-state index in [4.69, 9.17) is 0 Å². The maximum Gasteiger partial charge on any atom is 0.0218 e. The third-order valence-corrected chi connectivity index (χ3v) is 4.71. The second-order valence-electron chi connectivity index (χ2n) is 6.38. The molecule has 0 spiro atoms. The van der Waals surface area contributed by atoms with E-state index in [0.29, 0.717) is 17.5 Å². The molecule has 0 bridgehead atoms. The van der Waals surface area contributed by atoms with Gasteiger partial charge in [-0.3, -0.25) is 4.90 Å². The fourth-order valence-electron chi connectivity index (χ4n) is 2.72. The van der Waals surface area contributed by atoms with E-state index in [-0.39, 0.29) is 0 Å². The highest BCUT2D eigenvalue weighted by Crippen LogP contribution is 2.37. The zero-order valence-corrected chi connectivity index (χ0v) is 12.0. The summed E-state index contributed by atoms with van der Waals surface area (Å²) in [6.45, 7) is 9.42. The molecular formula is C14H30N2. The van der Waals surface area contributed by atoms with E-state index < -0.39 is 0 Å². The van der Waals surface area contributed by atoms with Gasteiger partial charge in [-0.25, -0.2) is 0 Å².